The molecule has 0 saturated carbocycles. The maximum Gasteiger partial charge on any atom is 0.262 e. The Hall–Kier alpha value is -1.71. The molecule has 0 aliphatic carbocycles. The van der Waals surface area contributed by atoms with Crippen LogP contribution in [0.5, 0.6) is 0 Å². The predicted octanol–water partition coefficient (Wildman–Crippen LogP) is 0.637. The molecule has 2 aromatic heterocycles. The third-order valence-corrected chi connectivity index (χ3v) is 2.01. The first-order valence-corrected chi connectivity index (χ1v) is 3.96. The van der Waals surface area contributed by atoms with Crippen molar-refractivity contribution in [3.63, 3.8) is 0 Å². The molecule has 2 heterocycles. The highest BCUT2D eigenvalue weighted by atomic mass is 16.1. The van der Waals surface area contributed by atoms with Gasteiger partial charge in [0.2, 0.25) is 0 Å². The van der Waals surface area contributed by atoms with Crippen molar-refractivity contribution >= 4 is 10.9 Å². The molecule has 4 heteroatoms. The number of pyridine rings is 1. The zero-order valence-corrected chi connectivity index (χ0v) is 7.48. The minimum absolute atomic E-state index is 0.0544. The van der Waals surface area contributed by atoms with Gasteiger partial charge in [-0.15, -0.1) is 0 Å². The molecule has 0 radical (unpaired) electrons. The zero-order chi connectivity index (χ0) is 9.42. The fourth-order valence-corrected chi connectivity index (χ4v) is 1.27. The molecule has 0 amide bonds. The van der Waals surface area contributed by atoms with Crippen molar-refractivity contribution in [2.75, 3.05) is 0 Å². The molecule has 4 nitrogen and oxygen atoms in total. The normalized spacial score (nSPS) is 10.6. The van der Waals surface area contributed by atoms with Crippen molar-refractivity contribution in [3.05, 3.63) is 34.6 Å². The fraction of sp³-hybridized carbons (Fsp3) is 0.222. The number of hydrogen-bond acceptors (Lipinski definition) is 3. The van der Waals surface area contributed by atoms with E-state index < -0.39 is 0 Å². The molecule has 2 rings (SSSR count). The summed E-state index contributed by atoms with van der Waals surface area (Å²) in [6.07, 6.45) is 4.78. The maximum absolute atomic E-state index is 11.6. The van der Waals surface area contributed by atoms with Crippen molar-refractivity contribution in [1.82, 2.24) is 14.5 Å². The van der Waals surface area contributed by atoms with Gasteiger partial charge in [-0.3, -0.25) is 9.78 Å². The lowest BCUT2D eigenvalue weighted by Gasteiger charge is -2.01. The molecule has 0 aliphatic rings. The van der Waals surface area contributed by atoms with Crippen molar-refractivity contribution in [2.45, 2.75) is 6.92 Å². The van der Waals surface area contributed by atoms with Gasteiger partial charge in [-0.05, 0) is 12.5 Å². The van der Waals surface area contributed by atoms with Gasteiger partial charge in [-0.2, -0.15) is 0 Å². The summed E-state index contributed by atoms with van der Waals surface area (Å²) in [6, 6.07) is 0. The van der Waals surface area contributed by atoms with Gasteiger partial charge in [0.05, 0.1) is 17.2 Å². The third kappa shape index (κ3) is 1.11. The van der Waals surface area contributed by atoms with Crippen LogP contribution in [0.4, 0.5) is 0 Å². The smallest absolute Gasteiger partial charge is 0.262 e. The van der Waals surface area contributed by atoms with Gasteiger partial charge in [0.15, 0.2) is 0 Å². The van der Waals surface area contributed by atoms with Crippen LogP contribution in [-0.2, 0) is 7.05 Å². The first kappa shape index (κ1) is 7.91. The van der Waals surface area contributed by atoms with E-state index in [9.17, 15) is 4.79 Å². The second-order valence-corrected chi connectivity index (χ2v) is 3.01. The fourth-order valence-electron chi connectivity index (χ4n) is 1.27. The van der Waals surface area contributed by atoms with E-state index in [1.807, 2.05) is 6.92 Å². The van der Waals surface area contributed by atoms with E-state index in [1.165, 1.54) is 10.9 Å². The number of aromatic nitrogens is 3. The van der Waals surface area contributed by atoms with Crippen LogP contribution in [0, 0.1) is 6.92 Å². The highest BCUT2D eigenvalue weighted by Gasteiger charge is 2.03. The first-order valence-electron chi connectivity index (χ1n) is 3.96. The molecule has 66 valence electrons. The molecule has 0 spiro atoms. The van der Waals surface area contributed by atoms with Crippen molar-refractivity contribution in [3.8, 4) is 0 Å². The number of aryl methyl sites for hydroxylation is 2. The minimum Gasteiger partial charge on any atom is -0.302 e. The zero-order valence-electron chi connectivity index (χ0n) is 7.48. The van der Waals surface area contributed by atoms with E-state index in [-0.39, 0.29) is 5.56 Å². The second kappa shape index (κ2) is 2.65. The Morgan fingerprint density at radius 1 is 1.38 bits per heavy atom. The van der Waals surface area contributed by atoms with E-state index >= 15 is 0 Å². The summed E-state index contributed by atoms with van der Waals surface area (Å²) < 4.78 is 1.45. The van der Waals surface area contributed by atoms with Crippen LogP contribution in [0.25, 0.3) is 10.9 Å². The lowest BCUT2D eigenvalue weighted by molar-refractivity contribution is 0.841. The molecular weight excluding hydrogens is 166 g/mol. The van der Waals surface area contributed by atoms with Gasteiger partial charge in [-0.1, -0.05) is 0 Å². The van der Waals surface area contributed by atoms with Crippen LogP contribution >= 0.6 is 0 Å². The Kier molecular flexibility index (Phi) is 1.62. The topological polar surface area (TPSA) is 47.8 Å². The monoisotopic (exact) mass is 175 g/mol. The third-order valence-electron chi connectivity index (χ3n) is 2.01. The number of hydrogen-bond donors (Lipinski definition) is 0. The molecule has 0 bridgehead atoms. The molecule has 0 unspecified atom stereocenters. The molecule has 0 aromatic carbocycles. The van der Waals surface area contributed by atoms with Crippen LogP contribution in [0.2, 0.25) is 0 Å². The summed E-state index contributed by atoms with van der Waals surface area (Å²) in [7, 11) is 1.68. The van der Waals surface area contributed by atoms with E-state index in [0.29, 0.717) is 5.39 Å². The Morgan fingerprint density at radius 2 is 2.15 bits per heavy atom. The van der Waals surface area contributed by atoms with Gasteiger partial charge in [0, 0.05) is 19.4 Å². The Labute approximate surface area is 74.9 Å². The van der Waals surface area contributed by atoms with E-state index in [1.54, 1.807) is 19.4 Å². The van der Waals surface area contributed by atoms with Crippen LogP contribution in [-0.4, -0.2) is 14.5 Å². The summed E-state index contributed by atoms with van der Waals surface area (Å²) in [5, 5.41) is 0.574. The molecule has 2 aromatic rings. The lowest BCUT2D eigenvalue weighted by Crippen LogP contribution is -2.17. The highest BCUT2D eigenvalue weighted by Crippen LogP contribution is 2.08. The molecule has 0 N–H and O–H groups in total. The van der Waals surface area contributed by atoms with Gasteiger partial charge >= 0.3 is 0 Å². The van der Waals surface area contributed by atoms with Crippen LogP contribution < -0.4 is 5.56 Å². The molecular formula is C9H9N3O. The van der Waals surface area contributed by atoms with Crippen molar-refractivity contribution in [1.29, 1.82) is 0 Å². The standard InChI is InChI=1S/C9H9N3O/c1-6-3-10-4-7-8(6)11-5-12(2)9(7)13/h3-5H,1-2H3. The minimum atomic E-state index is -0.0544. The van der Waals surface area contributed by atoms with Crippen LogP contribution in [0.1, 0.15) is 5.56 Å². The Morgan fingerprint density at radius 3 is 2.92 bits per heavy atom. The molecule has 0 fully saturated rings. The summed E-state index contributed by atoms with van der Waals surface area (Å²) >= 11 is 0. The average molecular weight is 175 g/mol. The predicted molar refractivity (Wildman–Crippen MR) is 49.5 cm³/mol. The van der Waals surface area contributed by atoms with Gasteiger partial charge in [0.25, 0.3) is 5.56 Å². The first-order chi connectivity index (χ1) is 6.20. The van der Waals surface area contributed by atoms with Crippen molar-refractivity contribution in [2.24, 2.45) is 7.05 Å². The largest absolute Gasteiger partial charge is 0.302 e. The lowest BCUT2D eigenvalue weighted by atomic mass is 10.2. The average Bonchev–Trinajstić information content (AvgIpc) is 2.12. The van der Waals surface area contributed by atoms with Crippen LogP contribution in [0.15, 0.2) is 23.5 Å². The van der Waals surface area contributed by atoms with Crippen molar-refractivity contribution < 1.29 is 0 Å². The number of fused-ring (bicyclic) bond motifs is 1. The van der Waals surface area contributed by atoms with Crippen LogP contribution in [0.3, 0.4) is 0 Å². The summed E-state index contributed by atoms with van der Waals surface area (Å²) in [6.45, 7) is 1.89. The van der Waals surface area contributed by atoms with E-state index in [4.69, 9.17) is 0 Å². The second-order valence-electron chi connectivity index (χ2n) is 3.01. The highest BCUT2D eigenvalue weighted by molar-refractivity contribution is 5.79. The molecule has 13 heavy (non-hydrogen) atoms. The van der Waals surface area contributed by atoms with Gasteiger partial charge < -0.3 is 4.57 Å². The Balaban J connectivity index is 3.03. The number of rotatable bonds is 0. The summed E-state index contributed by atoms with van der Waals surface area (Å²) in [5.74, 6) is 0. The maximum atomic E-state index is 11.6. The molecule has 0 aliphatic heterocycles. The molecule has 0 saturated heterocycles. The molecule has 0 atom stereocenters. The summed E-state index contributed by atoms with van der Waals surface area (Å²) in [4.78, 5) is 19.7. The summed E-state index contributed by atoms with van der Waals surface area (Å²) in [5.41, 5.74) is 1.61. The Bertz CT molecular complexity index is 516. The van der Waals surface area contributed by atoms with Gasteiger partial charge in [-0.25, -0.2) is 4.98 Å². The SMILES string of the molecule is Cc1cncc2c(=O)n(C)cnc12. The quantitative estimate of drug-likeness (QED) is 0.590. The number of nitrogens with zero attached hydrogens (tertiary/aromatic N) is 3. The van der Waals surface area contributed by atoms with E-state index in [0.717, 1.165) is 11.1 Å². The van der Waals surface area contributed by atoms with E-state index in [2.05, 4.69) is 9.97 Å². The van der Waals surface area contributed by atoms with Gasteiger partial charge in [0.1, 0.15) is 0 Å².